The normalized spacial score (nSPS) is 11.5. The summed E-state index contributed by atoms with van der Waals surface area (Å²) < 4.78 is 45.8. The van der Waals surface area contributed by atoms with Crippen molar-refractivity contribution in [3.63, 3.8) is 0 Å². The molecule has 0 atom stereocenters. The van der Waals surface area contributed by atoms with Crippen LogP contribution in [0, 0.1) is 6.92 Å². The van der Waals surface area contributed by atoms with Crippen molar-refractivity contribution in [3.05, 3.63) is 115 Å². The number of hydrogen-bond acceptors (Lipinski definition) is 3. The zero-order valence-electron chi connectivity index (χ0n) is 18.0. The highest BCUT2D eigenvalue weighted by Gasteiger charge is 2.31. The van der Waals surface area contributed by atoms with Gasteiger partial charge in [0.1, 0.15) is 10.8 Å². The van der Waals surface area contributed by atoms with Gasteiger partial charge in [0.2, 0.25) is 5.88 Å². The van der Waals surface area contributed by atoms with Gasteiger partial charge in [0.25, 0.3) is 0 Å². The highest BCUT2D eigenvalue weighted by atomic mass is 35.5. The molecule has 0 amide bonds. The Morgan fingerprint density at radius 3 is 2.20 bits per heavy atom. The van der Waals surface area contributed by atoms with Gasteiger partial charge in [-0.2, -0.15) is 13.2 Å². The fraction of sp³-hybridized carbons (Fsp3) is 0.120. The molecule has 2 aromatic carbocycles. The van der Waals surface area contributed by atoms with Gasteiger partial charge in [-0.05, 0) is 55.0 Å². The van der Waals surface area contributed by atoms with Crippen LogP contribution in [-0.4, -0.2) is 9.55 Å². The van der Waals surface area contributed by atoms with Gasteiger partial charge in [-0.1, -0.05) is 40.9 Å². The van der Waals surface area contributed by atoms with Crippen molar-refractivity contribution in [2.45, 2.75) is 19.5 Å². The number of nitrogens with zero attached hydrogens (tertiary/aromatic N) is 2. The average molecular weight is 540 g/mol. The van der Waals surface area contributed by atoms with E-state index in [-0.39, 0.29) is 22.8 Å². The first-order chi connectivity index (χ1) is 16.5. The monoisotopic (exact) mass is 538 g/mol. The molecule has 0 saturated heterocycles. The van der Waals surface area contributed by atoms with Gasteiger partial charge < -0.3 is 9.30 Å². The molecular formula is C25H16Cl3F3N2O2. The fourth-order valence-electron chi connectivity index (χ4n) is 3.49. The van der Waals surface area contributed by atoms with E-state index in [9.17, 15) is 18.0 Å². The predicted molar refractivity (Wildman–Crippen MR) is 130 cm³/mol. The van der Waals surface area contributed by atoms with Crippen molar-refractivity contribution in [1.82, 2.24) is 9.55 Å². The Labute approximate surface area is 213 Å². The SMILES string of the molecule is Cc1c(Cc2c(Cl)cccc2Cl)c(=O)ccn1-c1ccc(Oc2ncc(C(F)(F)F)cc2Cl)cc1. The number of halogens is 6. The molecule has 4 nitrogen and oxygen atoms in total. The summed E-state index contributed by atoms with van der Waals surface area (Å²) in [6.07, 6.45) is -1.98. The second kappa shape index (κ2) is 9.93. The number of pyridine rings is 2. The van der Waals surface area contributed by atoms with Gasteiger partial charge in [-0.15, -0.1) is 0 Å². The van der Waals surface area contributed by atoms with Crippen LogP contribution in [0.4, 0.5) is 13.2 Å². The van der Waals surface area contributed by atoms with Crippen LogP contribution < -0.4 is 10.2 Å². The summed E-state index contributed by atoms with van der Waals surface area (Å²) in [6, 6.07) is 14.1. The summed E-state index contributed by atoms with van der Waals surface area (Å²) in [5.41, 5.74) is 1.54. The maximum Gasteiger partial charge on any atom is 0.417 e. The molecule has 2 heterocycles. The van der Waals surface area contributed by atoms with Crippen LogP contribution >= 0.6 is 34.8 Å². The number of hydrogen-bond donors (Lipinski definition) is 0. The quantitative estimate of drug-likeness (QED) is 0.259. The van der Waals surface area contributed by atoms with E-state index in [1.807, 2.05) is 11.5 Å². The second-order valence-electron chi connectivity index (χ2n) is 7.60. The summed E-state index contributed by atoms with van der Waals surface area (Å²) >= 11 is 18.5. The minimum atomic E-state index is -4.55. The lowest BCUT2D eigenvalue weighted by atomic mass is 10.0. The van der Waals surface area contributed by atoms with Gasteiger partial charge in [0, 0.05) is 51.9 Å². The largest absolute Gasteiger partial charge is 0.438 e. The van der Waals surface area contributed by atoms with Crippen LogP contribution in [0.5, 0.6) is 11.6 Å². The molecule has 2 aromatic heterocycles. The standard InChI is InChI=1S/C25H16Cl3F3N2O2/c1-14-18(12-19-20(26)3-2-4-21(19)27)23(34)9-10-33(14)16-5-7-17(8-6-16)35-24-22(28)11-15(13-32-24)25(29,30)31/h2-11,13H,12H2,1H3. The van der Waals surface area contributed by atoms with E-state index in [0.29, 0.717) is 38.8 Å². The molecule has 0 unspecified atom stereocenters. The van der Waals surface area contributed by atoms with Gasteiger partial charge in [0.05, 0.1) is 5.56 Å². The van der Waals surface area contributed by atoms with Crippen LogP contribution in [0.2, 0.25) is 15.1 Å². The van der Waals surface area contributed by atoms with E-state index in [4.69, 9.17) is 39.5 Å². The van der Waals surface area contributed by atoms with Crippen molar-refractivity contribution in [2.75, 3.05) is 0 Å². The fourth-order valence-corrected chi connectivity index (χ4v) is 4.23. The van der Waals surface area contributed by atoms with Crippen LogP contribution in [0.1, 0.15) is 22.4 Å². The summed E-state index contributed by atoms with van der Waals surface area (Å²) in [7, 11) is 0. The molecule has 180 valence electrons. The van der Waals surface area contributed by atoms with Crippen LogP contribution in [0.15, 0.2) is 71.8 Å². The predicted octanol–water partition coefficient (Wildman–Crippen LogP) is 7.90. The first-order valence-electron chi connectivity index (χ1n) is 10.2. The third-order valence-corrected chi connectivity index (χ3v) is 6.33. The molecule has 0 aliphatic heterocycles. The Morgan fingerprint density at radius 1 is 0.943 bits per heavy atom. The van der Waals surface area contributed by atoms with Crippen molar-refractivity contribution in [3.8, 4) is 17.3 Å². The summed E-state index contributed by atoms with van der Waals surface area (Å²) in [5.74, 6) is 0.176. The molecule has 0 aliphatic rings. The lowest BCUT2D eigenvalue weighted by Crippen LogP contribution is -2.16. The smallest absolute Gasteiger partial charge is 0.417 e. The van der Waals surface area contributed by atoms with E-state index in [0.717, 1.165) is 11.8 Å². The molecule has 0 aliphatic carbocycles. The Morgan fingerprint density at radius 2 is 1.60 bits per heavy atom. The highest BCUT2D eigenvalue weighted by Crippen LogP contribution is 2.35. The molecule has 0 fully saturated rings. The Balaban J connectivity index is 1.60. The van der Waals surface area contributed by atoms with E-state index in [1.54, 1.807) is 48.7 Å². The van der Waals surface area contributed by atoms with E-state index in [1.165, 1.54) is 6.07 Å². The minimum Gasteiger partial charge on any atom is -0.438 e. The lowest BCUT2D eigenvalue weighted by Gasteiger charge is -2.16. The average Bonchev–Trinajstić information content (AvgIpc) is 2.80. The number of benzene rings is 2. The molecule has 4 aromatic rings. The van der Waals surface area contributed by atoms with Gasteiger partial charge in [-0.25, -0.2) is 4.98 Å². The minimum absolute atomic E-state index is 0.141. The maximum absolute atomic E-state index is 12.8. The van der Waals surface area contributed by atoms with Crippen LogP contribution in [-0.2, 0) is 12.6 Å². The Hall–Kier alpha value is -3.00. The van der Waals surface area contributed by atoms with Gasteiger partial charge in [0.15, 0.2) is 5.43 Å². The molecule has 35 heavy (non-hydrogen) atoms. The van der Waals surface area contributed by atoms with Crippen molar-refractivity contribution < 1.29 is 17.9 Å². The number of rotatable bonds is 5. The molecule has 0 N–H and O–H groups in total. The number of alkyl halides is 3. The summed E-state index contributed by atoms with van der Waals surface area (Å²) in [4.78, 5) is 16.3. The highest BCUT2D eigenvalue weighted by molar-refractivity contribution is 6.36. The summed E-state index contributed by atoms with van der Waals surface area (Å²) in [6.45, 7) is 1.82. The van der Waals surface area contributed by atoms with Crippen LogP contribution in [0.25, 0.3) is 5.69 Å². The number of aromatic nitrogens is 2. The van der Waals surface area contributed by atoms with E-state index in [2.05, 4.69) is 4.98 Å². The van der Waals surface area contributed by atoms with Crippen molar-refractivity contribution in [1.29, 1.82) is 0 Å². The van der Waals surface area contributed by atoms with Crippen molar-refractivity contribution in [2.24, 2.45) is 0 Å². The molecule has 0 saturated carbocycles. The second-order valence-corrected chi connectivity index (χ2v) is 8.82. The third-order valence-electron chi connectivity index (χ3n) is 5.35. The maximum atomic E-state index is 12.8. The molecule has 4 rings (SSSR count). The molecule has 10 heteroatoms. The molecule has 0 spiro atoms. The zero-order chi connectivity index (χ0) is 25.3. The molecular weight excluding hydrogens is 524 g/mol. The van der Waals surface area contributed by atoms with Gasteiger partial charge in [-0.3, -0.25) is 4.79 Å². The third kappa shape index (κ3) is 5.48. The topological polar surface area (TPSA) is 44.1 Å². The van der Waals surface area contributed by atoms with Crippen molar-refractivity contribution >= 4 is 34.8 Å². The van der Waals surface area contributed by atoms with E-state index >= 15 is 0 Å². The summed E-state index contributed by atoms with van der Waals surface area (Å²) in [5, 5.41) is 0.690. The van der Waals surface area contributed by atoms with Gasteiger partial charge >= 0.3 is 6.18 Å². The zero-order valence-corrected chi connectivity index (χ0v) is 20.3. The Bertz CT molecular complexity index is 1430. The number of ether oxygens (including phenoxy) is 1. The van der Waals surface area contributed by atoms with Crippen LogP contribution in [0.3, 0.4) is 0 Å². The Kier molecular flexibility index (Phi) is 7.12. The lowest BCUT2D eigenvalue weighted by molar-refractivity contribution is -0.137. The molecule has 0 bridgehead atoms. The molecule has 0 radical (unpaired) electrons. The van der Waals surface area contributed by atoms with E-state index < -0.39 is 11.7 Å². The first kappa shape index (κ1) is 25.1. The first-order valence-corrected chi connectivity index (χ1v) is 11.3.